The molecule has 1 aliphatic carbocycles. The summed E-state index contributed by atoms with van der Waals surface area (Å²) >= 11 is 0. The molecule has 0 radical (unpaired) electrons. The van der Waals surface area contributed by atoms with Crippen LogP contribution in [0.2, 0.25) is 0 Å². The number of carbonyl (C=O) groups is 1. The monoisotopic (exact) mass is 278 g/mol. The molecule has 1 amide bonds. The normalized spacial score (nSPS) is 28.2. The quantitative estimate of drug-likeness (QED) is 0.869. The summed E-state index contributed by atoms with van der Waals surface area (Å²) in [5.41, 5.74) is 6.62. The van der Waals surface area contributed by atoms with Crippen LogP contribution < -0.4 is 5.73 Å². The van der Waals surface area contributed by atoms with Gasteiger partial charge in [-0.3, -0.25) is 5.10 Å². The number of likely N-dealkylation sites (tertiary alicyclic amines) is 1. The molecular formula is C14H22N4O2. The van der Waals surface area contributed by atoms with E-state index in [1.54, 1.807) is 0 Å². The molecule has 2 fully saturated rings. The van der Waals surface area contributed by atoms with Gasteiger partial charge in [0.05, 0.1) is 0 Å². The maximum Gasteiger partial charge on any atom is 0.410 e. The molecule has 6 nitrogen and oxygen atoms in total. The van der Waals surface area contributed by atoms with Crippen molar-refractivity contribution in [2.45, 2.75) is 57.1 Å². The van der Waals surface area contributed by atoms with Crippen LogP contribution in [0.1, 0.15) is 51.1 Å². The second kappa shape index (κ2) is 4.68. The first-order valence-corrected chi connectivity index (χ1v) is 7.25. The Morgan fingerprint density at radius 2 is 2.35 bits per heavy atom. The number of H-pyrrole nitrogens is 1. The minimum Gasteiger partial charge on any atom is -0.446 e. The number of aromatic amines is 1. The van der Waals surface area contributed by atoms with Crippen molar-refractivity contribution in [3.63, 3.8) is 0 Å². The molecule has 2 aliphatic rings. The van der Waals surface area contributed by atoms with E-state index in [1.807, 2.05) is 11.0 Å². The van der Waals surface area contributed by atoms with Gasteiger partial charge in [-0.25, -0.2) is 4.79 Å². The third kappa shape index (κ3) is 2.34. The van der Waals surface area contributed by atoms with E-state index in [-0.39, 0.29) is 17.7 Å². The van der Waals surface area contributed by atoms with Crippen LogP contribution in [0.25, 0.3) is 0 Å². The Kier molecular flexibility index (Phi) is 3.11. The van der Waals surface area contributed by atoms with Crippen molar-refractivity contribution in [2.75, 3.05) is 12.3 Å². The first-order valence-electron chi connectivity index (χ1n) is 7.25. The lowest BCUT2D eigenvalue weighted by Gasteiger charge is -2.47. The molecule has 110 valence electrons. The highest BCUT2D eigenvalue weighted by atomic mass is 16.6. The minimum absolute atomic E-state index is 0.00780. The van der Waals surface area contributed by atoms with Crippen LogP contribution in [0, 0.1) is 0 Å². The summed E-state index contributed by atoms with van der Waals surface area (Å²) in [4.78, 5) is 13.9. The Labute approximate surface area is 118 Å². The lowest BCUT2D eigenvalue weighted by molar-refractivity contribution is -0.0101. The van der Waals surface area contributed by atoms with Gasteiger partial charge in [-0.1, -0.05) is 0 Å². The van der Waals surface area contributed by atoms with Gasteiger partial charge in [0.1, 0.15) is 11.9 Å². The molecule has 2 atom stereocenters. The third-order valence-electron chi connectivity index (χ3n) is 4.61. The lowest BCUT2D eigenvalue weighted by atomic mass is 9.90. The number of amides is 1. The molecule has 3 rings (SSSR count). The zero-order valence-electron chi connectivity index (χ0n) is 12.1. The zero-order valence-corrected chi connectivity index (χ0v) is 12.1. The van der Waals surface area contributed by atoms with E-state index < -0.39 is 0 Å². The van der Waals surface area contributed by atoms with Gasteiger partial charge >= 0.3 is 6.09 Å². The number of hydrogen-bond donors (Lipinski definition) is 2. The molecular weight excluding hydrogens is 256 g/mol. The van der Waals surface area contributed by atoms with Crippen molar-refractivity contribution in [1.82, 2.24) is 15.1 Å². The first-order chi connectivity index (χ1) is 9.45. The predicted molar refractivity (Wildman–Crippen MR) is 75.3 cm³/mol. The molecule has 0 spiro atoms. The fourth-order valence-electron chi connectivity index (χ4n) is 3.11. The largest absolute Gasteiger partial charge is 0.446 e. The van der Waals surface area contributed by atoms with Crippen LogP contribution >= 0.6 is 0 Å². The maximum absolute atomic E-state index is 12.1. The summed E-state index contributed by atoms with van der Waals surface area (Å²) in [6, 6.07) is 1.87. The summed E-state index contributed by atoms with van der Waals surface area (Å²) in [7, 11) is 0. The summed E-state index contributed by atoms with van der Waals surface area (Å²) in [5, 5.41) is 6.91. The van der Waals surface area contributed by atoms with Gasteiger partial charge in [0.2, 0.25) is 0 Å². The van der Waals surface area contributed by atoms with Crippen molar-refractivity contribution < 1.29 is 9.53 Å². The number of nitrogen functional groups attached to an aromatic ring is 1. The molecule has 6 heteroatoms. The number of nitrogens with two attached hydrogens (primary N) is 1. The molecule has 1 aromatic heterocycles. The summed E-state index contributed by atoms with van der Waals surface area (Å²) in [6.45, 7) is 4.95. The fraction of sp³-hybridized carbons (Fsp3) is 0.714. The van der Waals surface area contributed by atoms with Gasteiger partial charge in [0.15, 0.2) is 0 Å². The fourth-order valence-corrected chi connectivity index (χ4v) is 3.11. The number of rotatable bonds is 2. The number of aromatic nitrogens is 2. The molecule has 1 saturated carbocycles. The average Bonchev–Trinajstić information content (AvgIpc) is 2.96. The highest BCUT2D eigenvalue weighted by Gasteiger charge is 2.41. The van der Waals surface area contributed by atoms with E-state index in [0.717, 1.165) is 37.9 Å². The number of ether oxygens (including phenoxy) is 1. The Hall–Kier alpha value is -1.72. The van der Waals surface area contributed by atoms with Gasteiger partial charge < -0.3 is 15.4 Å². The van der Waals surface area contributed by atoms with Gasteiger partial charge in [-0.2, -0.15) is 5.10 Å². The topological polar surface area (TPSA) is 84.2 Å². The predicted octanol–water partition coefficient (Wildman–Crippen LogP) is 2.25. The van der Waals surface area contributed by atoms with Gasteiger partial charge in [0.25, 0.3) is 0 Å². The third-order valence-corrected chi connectivity index (χ3v) is 4.61. The van der Waals surface area contributed by atoms with Crippen LogP contribution in [0.3, 0.4) is 0 Å². The number of nitrogens with one attached hydrogen (secondary N) is 1. The maximum atomic E-state index is 12.1. The van der Waals surface area contributed by atoms with Crippen molar-refractivity contribution in [2.24, 2.45) is 0 Å². The average molecular weight is 278 g/mol. The first kappa shape index (κ1) is 13.3. The molecule has 1 saturated heterocycles. The van der Waals surface area contributed by atoms with E-state index in [2.05, 4.69) is 24.0 Å². The Morgan fingerprint density at radius 1 is 1.55 bits per heavy atom. The summed E-state index contributed by atoms with van der Waals surface area (Å²) in [6.07, 6.45) is 3.64. The van der Waals surface area contributed by atoms with E-state index in [4.69, 9.17) is 10.5 Å². The van der Waals surface area contributed by atoms with Crippen molar-refractivity contribution in [3.05, 3.63) is 11.8 Å². The Bertz CT molecular complexity index is 511. The highest BCUT2D eigenvalue weighted by Crippen LogP contribution is 2.37. The number of carbonyl (C=O) groups excluding carboxylic acids is 1. The number of anilines is 1. The molecule has 3 N–H and O–H groups in total. The van der Waals surface area contributed by atoms with Gasteiger partial charge in [-0.15, -0.1) is 0 Å². The number of nitrogens with zero attached hydrogens (tertiary/aromatic N) is 2. The molecule has 0 aromatic carbocycles. The van der Waals surface area contributed by atoms with E-state index in [0.29, 0.717) is 11.7 Å². The summed E-state index contributed by atoms with van der Waals surface area (Å²) < 4.78 is 5.63. The summed E-state index contributed by atoms with van der Waals surface area (Å²) in [5.74, 6) is 0.879. The van der Waals surface area contributed by atoms with Crippen LogP contribution in [0.5, 0.6) is 0 Å². The molecule has 1 aliphatic heterocycles. The highest BCUT2D eigenvalue weighted by molar-refractivity contribution is 5.70. The standard InChI is InChI=1S/C14H22N4O2/c1-14(2)5-6-18(14)13(19)20-10-4-3-9(7-10)11-8-12(15)17-16-11/h8-10H,3-7H2,1-2H3,(H3,15,16,17)/t9-,10?/m0/s1. The van der Waals surface area contributed by atoms with E-state index >= 15 is 0 Å². The Morgan fingerprint density at radius 3 is 2.90 bits per heavy atom. The van der Waals surface area contributed by atoms with Crippen molar-refractivity contribution in [3.8, 4) is 0 Å². The molecule has 20 heavy (non-hydrogen) atoms. The SMILES string of the molecule is CC1(C)CCN1C(=O)OC1CC[C@H](c2cc(N)n[nH]2)C1. The molecule has 1 aromatic rings. The molecule has 0 bridgehead atoms. The van der Waals surface area contributed by atoms with Crippen LogP contribution in [-0.2, 0) is 4.74 Å². The van der Waals surface area contributed by atoms with Crippen LogP contribution in [0.15, 0.2) is 6.07 Å². The smallest absolute Gasteiger partial charge is 0.410 e. The second-order valence-electron chi connectivity index (χ2n) is 6.48. The van der Waals surface area contributed by atoms with Gasteiger partial charge in [-0.05, 0) is 39.5 Å². The lowest BCUT2D eigenvalue weighted by Crippen LogP contribution is -2.58. The Balaban J connectivity index is 1.54. The van der Waals surface area contributed by atoms with Crippen molar-refractivity contribution >= 4 is 11.9 Å². The molecule has 1 unspecified atom stereocenters. The van der Waals surface area contributed by atoms with Gasteiger partial charge in [0, 0.05) is 29.8 Å². The zero-order chi connectivity index (χ0) is 14.3. The number of hydrogen-bond acceptors (Lipinski definition) is 4. The van der Waals surface area contributed by atoms with E-state index in [9.17, 15) is 4.79 Å². The molecule has 2 heterocycles. The van der Waals surface area contributed by atoms with E-state index in [1.165, 1.54) is 0 Å². The second-order valence-corrected chi connectivity index (χ2v) is 6.48. The van der Waals surface area contributed by atoms with Crippen LogP contribution in [-0.4, -0.2) is 39.4 Å². The van der Waals surface area contributed by atoms with Crippen molar-refractivity contribution in [1.29, 1.82) is 0 Å². The minimum atomic E-state index is -0.170. The van der Waals surface area contributed by atoms with Crippen LogP contribution in [0.4, 0.5) is 10.6 Å².